The molecule has 0 atom stereocenters. The Labute approximate surface area is 187 Å². The van der Waals surface area contributed by atoms with Gasteiger partial charge in [0, 0.05) is 12.7 Å². The van der Waals surface area contributed by atoms with E-state index in [1.165, 1.54) is 40.1 Å². The van der Waals surface area contributed by atoms with Crippen LogP contribution in [-0.4, -0.2) is 28.3 Å². The van der Waals surface area contributed by atoms with Gasteiger partial charge in [0.05, 0.1) is 17.0 Å². The molecule has 31 heavy (non-hydrogen) atoms. The van der Waals surface area contributed by atoms with Gasteiger partial charge in [0.1, 0.15) is 10.5 Å². The largest absolute Gasteiger partial charge is 0.315 e. The van der Waals surface area contributed by atoms with Crippen molar-refractivity contribution in [1.82, 2.24) is 9.55 Å². The molecule has 2 aromatic heterocycles. The standard InChI is InChI=1S/C23H20FN3O2S2/c1-14-4-9-19(15(2)12-14)27-22(29)21-18(10-11-30-21)25-23(27)31-13-20(28)26(3)17-7-5-16(24)6-8-17/h4-12H,13H2,1-3H3. The molecule has 2 heterocycles. The average Bonchev–Trinajstić information content (AvgIpc) is 3.22. The van der Waals surface area contributed by atoms with E-state index in [0.29, 0.717) is 21.1 Å². The van der Waals surface area contributed by atoms with E-state index in [9.17, 15) is 14.0 Å². The Morgan fingerprint density at radius 3 is 2.61 bits per heavy atom. The van der Waals surface area contributed by atoms with Crippen molar-refractivity contribution in [2.75, 3.05) is 17.7 Å². The Morgan fingerprint density at radius 2 is 1.90 bits per heavy atom. The highest BCUT2D eigenvalue weighted by molar-refractivity contribution is 7.99. The number of anilines is 1. The zero-order valence-corrected chi connectivity index (χ0v) is 18.9. The number of thioether (sulfide) groups is 1. The van der Waals surface area contributed by atoms with E-state index in [0.717, 1.165) is 16.8 Å². The normalized spacial score (nSPS) is 11.1. The number of halogens is 1. The summed E-state index contributed by atoms with van der Waals surface area (Å²) in [5.74, 6) is -0.450. The summed E-state index contributed by atoms with van der Waals surface area (Å²) in [5.41, 5.74) is 3.88. The van der Waals surface area contributed by atoms with Gasteiger partial charge in [-0.3, -0.25) is 14.2 Å². The van der Waals surface area contributed by atoms with Gasteiger partial charge in [-0.15, -0.1) is 11.3 Å². The number of carbonyl (C=O) groups is 1. The van der Waals surface area contributed by atoms with Crippen LogP contribution in [0.1, 0.15) is 11.1 Å². The highest BCUT2D eigenvalue weighted by Crippen LogP contribution is 2.26. The SMILES string of the molecule is Cc1ccc(-n2c(SCC(=O)N(C)c3ccc(F)cc3)nc3ccsc3c2=O)c(C)c1. The van der Waals surface area contributed by atoms with Crippen LogP contribution in [0.4, 0.5) is 10.1 Å². The molecule has 0 aliphatic heterocycles. The third kappa shape index (κ3) is 4.26. The topological polar surface area (TPSA) is 55.2 Å². The number of carbonyl (C=O) groups excluding carboxylic acids is 1. The Morgan fingerprint density at radius 1 is 1.16 bits per heavy atom. The van der Waals surface area contributed by atoms with Crippen molar-refractivity contribution in [2.24, 2.45) is 0 Å². The number of aromatic nitrogens is 2. The lowest BCUT2D eigenvalue weighted by Gasteiger charge is -2.18. The number of rotatable bonds is 5. The monoisotopic (exact) mass is 453 g/mol. The van der Waals surface area contributed by atoms with Crippen LogP contribution in [0.3, 0.4) is 0 Å². The summed E-state index contributed by atoms with van der Waals surface area (Å²) in [4.78, 5) is 32.2. The molecule has 0 N–H and O–H groups in total. The second-order valence-corrected chi connectivity index (χ2v) is 9.04. The quantitative estimate of drug-likeness (QED) is 0.317. The Balaban J connectivity index is 1.69. The lowest BCUT2D eigenvalue weighted by Crippen LogP contribution is -2.28. The van der Waals surface area contributed by atoms with Crippen LogP contribution in [-0.2, 0) is 4.79 Å². The number of nitrogens with zero attached hydrogens (tertiary/aromatic N) is 3. The maximum atomic E-state index is 13.3. The van der Waals surface area contributed by atoms with Gasteiger partial charge in [0.15, 0.2) is 5.16 Å². The number of benzene rings is 2. The highest BCUT2D eigenvalue weighted by Gasteiger charge is 2.18. The fourth-order valence-corrected chi connectivity index (χ4v) is 4.97. The van der Waals surface area contributed by atoms with Crippen LogP contribution >= 0.6 is 23.1 Å². The fourth-order valence-electron chi connectivity index (χ4n) is 3.29. The summed E-state index contributed by atoms with van der Waals surface area (Å²) in [6.45, 7) is 3.95. The van der Waals surface area contributed by atoms with Gasteiger partial charge in [-0.2, -0.15) is 0 Å². The zero-order valence-electron chi connectivity index (χ0n) is 17.3. The van der Waals surface area contributed by atoms with E-state index >= 15 is 0 Å². The van der Waals surface area contributed by atoms with Gasteiger partial charge in [-0.05, 0) is 61.2 Å². The predicted molar refractivity (Wildman–Crippen MR) is 125 cm³/mol. The minimum atomic E-state index is -0.357. The van der Waals surface area contributed by atoms with E-state index in [1.807, 2.05) is 43.5 Å². The van der Waals surface area contributed by atoms with Crippen molar-refractivity contribution in [1.29, 1.82) is 0 Å². The molecule has 0 saturated carbocycles. The molecular weight excluding hydrogens is 433 g/mol. The van der Waals surface area contributed by atoms with E-state index < -0.39 is 0 Å². The maximum Gasteiger partial charge on any atom is 0.276 e. The molecule has 0 aliphatic rings. The molecular formula is C23H20FN3O2S2. The average molecular weight is 454 g/mol. The maximum absolute atomic E-state index is 13.3. The second kappa shape index (κ2) is 8.64. The van der Waals surface area contributed by atoms with E-state index in [1.54, 1.807) is 23.7 Å². The van der Waals surface area contributed by atoms with Crippen LogP contribution in [0, 0.1) is 19.7 Å². The molecule has 2 aromatic carbocycles. The number of thiophene rings is 1. The smallest absolute Gasteiger partial charge is 0.276 e. The number of hydrogen-bond donors (Lipinski definition) is 0. The van der Waals surface area contributed by atoms with Crippen molar-refractivity contribution < 1.29 is 9.18 Å². The van der Waals surface area contributed by atoms with Crippen LogP contribution in [0.5, 0.6) is 0 Å². The van der Waals surface area contributed by atoms with Crippen molar-refractivity contribution >= 4 is 44.9 Å². The molecule has 0 saturated heterocycles. The zero-order chi connectivity index (χ0) is 22.1. The molecule has 0 radical (unpaired) electrons. The first-order chi connectivity index (χ1) is 14.8. The predicted octanol–water partition coefficient (Wildman–Crippen LogP) is 4.96. The van der Waals surface area contributed by atoms with Crippen LogP contribution in [0.25, 0.3) is 15.9 Å². The third-order valence-corrected chi connectivity index (χ3v) is 6.77. The van der Waals surface area contributed by atoms with E-state index in [2.05, 4.69) is 4.98 Å². The summed E-state index contributed by atoms with van der Waals surface area (Å²) in [7, 11) is 1.64. The molecule has 8 heteroatoms. The van der Waals surface area contributed by atoms with Gasteiger partial charge in [0.25, 0.3) is 5.56 Å². The van der Waals surface area contributed by atoms with Crippen LogP contribution < -0.4 is 10.5 Å². The summed E-state index contributed by atoms with van der Waals surface area (Å²) < 4.78 is 15.3. The first-order valence-corrected chi connectivity index (χ1v) is 11.4. The molecule has 0 fully saturated rings. The van der Waals surface area contributed by atoms with Gasteiger partial charge in [-0.1, -0.05) is 29.5 Å². The van der Waals surface area contributed by atoms with Gasteiger partial charge >= 0.3 is 0 Å². The van der Waals surface area contributed by atoms with Crippen molar-refractivity contribution in [2.45, 2.75) is 19.0 Å². The minimum absolute atomic E-state index is 0.0842. The molecule has 4 rings (SSSR count). The summed E-state index contributed by atoms with van der Waals surface area (Å²) in [6, 6.07) is 13.4. The third-order valence-electron chi connectivity index (χ3n) is 4.96. The molecule has 4 aromatic rings. The molecule has 1 amide bonds. The van der Waals surface area contributed by atoms with Crippen molar-refractivity contribution in [3.63, 3.8) is 0 Å². The first kappa shape index (κ1) is 21.3. The fraction of sp³-hybridized carbons (Fsp3) is 0.174. The molecule has 158 valence electrons. The minimum Gasteiger partial charge on any atom is -0.315 e. The lowest BCUT2D eigenvalue weighted by atomic mass is 10.1. The summed E-state index contributed by atoms with van der Waals surface area (Å²) in [6.07, 6.45) is 0. The lowest BCUT2D eigenvalue weighted by molar-refractivity contribution is -0.115. The first-order valence-electron chi connectivity index (χ1n) is 9.58. The van der Waals surface area contributed by atoms with Gasteiger partial charge in [-0.25, -0.2) is 9.37 Å². The summed E-state index contributed by atoms with van der Waals surface area (Å²) in [5, 5.41) is 2.30. The molecule has 0 unspecified atom stereocenters. The number of amides is 1. The van der Waals surface area contributed by atoms with Crippen molar-refractivity contribution in [3.8, 4) is 5.69 Å². The molecule has 5 nitrogen and oxygen atoms in total. The number of hydrogen-bond acceptors (Lipinski definition) is 5. The second-order valence-electron chi connectivity index (χ2n) is 7.18. The van der Waals surface area contributed by atoms with Crippen LogP contribution in [0.2, 0.25) is 0 Å². The number of fused-ring (bicyclic) bond motifs is 1. The Kier molecular flexibility index (Phi) is 5.93. The Hall–Kier alpha value is -2.97. The van der Waals surface area contributed by atoms with Gasteiger partial charge in [0.2, 0.25) is 5.91 Å². The molecule has 0 bridgehead atoms. The van der Waals surface area contributed by atoms with Crippen molar-refractivity contribution in [3.05, 3.63) is 81.2 Å². The molecule has 0 aliphatic carbocycles. The number of aryl methyl sites for hydroxylation is 2. The van der Waals surface area contributed by atoms with Gasteiger partial charge < -0.3 is 4.90 Å². The highest BCUT2D eigenvalue weighted by atomic mass is 32.2. The summed E-state index contributed by atoms with van der Waals surface area (Å²) >= 11 is 2.57. The van der Waals surface area contributed by atoms with E-state index in [-0.39, 0.29) is 23.0 Å². The Bertz CT molecular complexity index is 1330. The molecule has 0 spiro atoms. The van der Waals surface area contributed by atoms with Crippen LogP contribution in [0.15, 0.2) is 63.9 Å². The van der Waals surface area contributed by atoms with E-state index in [4.69, 9.17) is 0 Å².